The number of aryl methyl sites for hydroxylation is 1. The van der Waals surface area contributed by atoms with Gasteiger partial charge in [-0.2, -0.15) is 5.26 Å². The quantitative estimate of drug-likeness (QED) is 0.575. The van der Waals surface area contributed by atoms with Crippen molar-refractivity contribution in [2.75, 3.05) is 20.3 Å². The SMILES string of the molecule is Cc1cc(/C=C(\C#N)C(=O)N(C)Cc2ccc3c(c2)OCCO3)c(C)n1C1CC1. The van der Waals surface area contributed by atoms with Gasteiger partial charge in [0.2, 0.25) is 0 Å². The molecule has 2 aliphatic rings. The molecule has 1 saturated carbocycles. The molecular formula is C23H25N3O3. The second-order valence-corrected chi connectivity index (χ2v) is 7.74. The fourth-order valence-electron chi connectivity index (χ4n) is 3.88. The van der Waals surface area contributed by atoms with E-state index in [0.29, 0.717) is 31.5 Å². The van der Waals surface area contributed by atoms with Crippen LogP contribution in [0.25, 0.3) is 6.08 Å². The Balaban J connectivity index is 1.52. The lowest BCUT2D eigenvalue weighted by atomic mass is 10.1. The van der Waals surface area contributed by atoms with Gasteiger partial charge in [0.15, 0.2) is 11.5 Å². The smallest absolute Gasteiger partial charge is 0.264 e. The van der Waals surface area contributed by atoms with Crippen LogP contribution in [0.15, 0.2) is 29.8 Å². The Kier molecular flexibility index (Phi) is 5.06. The number of benzene rings is 1. The number of aromatic nitrogens is 1. The summed E-state index contributed by atoms with van der Waals surface area (Å²) >= 11 is 0. The topological polar surface area (TPSA) is 67.5 Å². The number of hydrogen-bond acceptors (Lipinski definition) is 4. The fraction of sp³-hybridized carbons (Fsp3) is 0.391. The number of hydrogen-bond donors (Lipinski definition) is 0. The molecule has 1 aromatic heterocycles. The first kappa shape index (κ1) is 19.1. The molecule has 0 atom stereocenters. The Labute approximate surface area is 170 Å². The van der Waals surface area contributed by atoms with Crippen LogP contribution in [-0.2, 0) is 11.3 Å². The van der Waals surface area contributed by atoms with Gasteiger partial charge in [-0.1, -0.05) is 6.07 Å². The van der Waals surface area contributed by atoms with E-state index in [9.17, 15) is 10.1 Å². The molecule has 4 rings (SSSR count). The summed E-state index contributed by atoms with van der Waals surface area (Å²) in [5, 5.41) is 9.61. The highest BCUT2D eigenvalue weighted by Crippen LogP contribution is 2.38. The van der Waals surface area contributed by atoms with Crippen molar-refractivity contribution in [3.63, 3.8) is 0 Å². The van der Waals surface area contributed by atoms with Crippen molar-refractivity contribution in [2.45, 2.75) is 39.3 Å². The molecule has 0 radical (unpaired) electrons. The van der Waals surface area contributed by atoms with Crippen LogP contribution in [0, 0.1) is 25.2 Å². The van der Waals surface area contributed by atoms with Gasteiger partial charge in [0.25, 0.3) is 5.91 Å². The lowest BCUT2D eigenvalue weighted by Gasteiger charge is -2.21. The first-order valence-electron chi connectivity index (χ1n) is 9.92. The standard InChI is InChI=1S/C23H25N3O3/c1-15-10-18(16(2)26(15)20-5-6-20)12-19(13-24)23(27)25(3)14-17-4-7-21-22(11-17)29-9-8-28-21/h4,7,10-12,20H,5-6,8-9,14H2,1-3H3/b19-12+. The summed E-state index contributed by atoms with van der Waals surface area (Å²) in [5.74, 6) is 1.12. The second kappa shape index (κ2) is 7.67. The minimum Gasteiger partial charge on any atom is -0.486 e. The van der Waals surface area contributed by atoms with Crippen LogP contribution in [-0.4, -0.2) is 35.6 Å². The third-order valence-corrected chi connectivity index (χ3v) is 5.46. The van der Waals surface area contributed by atoms with E-state index >= 15 is 0 Å². The molecular weight excluding hydrogens is 366 g/mol. The zero-order valence-electron chi connectivity index (χ0n) is 17.1. The van der Waals surface area contributed by atoms with Gasteiger partial charge in [-0.25, -0.2) is 0 Å². The van der Waals surface area contributed by atoms with Gasteiger partial charge in [-0.3, -0.25) is 4.79 Å². The van der Waals surface area contributed by atoms with Crippen molar-refractivity contribution < 1.29 is 14.3 Å². The van der Waals surface area contributed by atoms with Gasteiger partial charge >= 0.3 is 0 Å². The molecule has 0 N–H and O–H groups in total. The van der Waals surface area contributed by atoms with Crippen LogP contribution in [0.4, 0.5) is 0 Å². The van der Waals surface area contributed by atoms with E-state index in [0.717, 1.165) is 22.6 Å². The van der Waals surface area contributed by atoms with Gasteiger partial charge in [-0.15, -0.1) is 0 Å². The molecule has 0 bridgehead atoms. The van der Waals surface area contributed by atoms with Crippen molar-refractivity contribution in [3.05, 3.63) is 52.4 Å². The van der Waals surface area contributed by atoms with E-state index in [-0.39, 0.29) is 11.5 Å². The van der Waals surface area contributed by atoms with Crippen LogP contribution in [0.2, 0.25) is 0 Å². The Morgan fingerprint density at radius 3 is 2.66 bits per heavy atom. The van der Waals surface area contributed by atoms with Gasteiger partial charge in [0, 0.05) is 31.0 Å². The average Bonchev–Trinajstić information content (AvgIpc) is 3.51. The molecule has 1 amide bonds. The van der Waals surface area contributed by atoms with Crippen LogP contribution in [0.1, 0.15) is 41.4 Å². The van der Waals surface area contributed by atoms with Crippen molar-refractivity contribution in [1.82, 2.24) is 9.47 Å². The summed E-state index contributed by atoms with van der Waals surface area (Å²) in [5.41, 5.74) is 4.29. The van der Waals surface area contributed by atoms with Crippen molar-refractivity contribution in [2.24, 2.45) is 0 Å². The summed E-state index contributed by atoms with van der Waals surface area (Å²) in [7, 11) is 1.71. The summed E-state index contributed by atoms with van der Waals surface area (Å²) in [4.78, 5) is 14.4. The molecule has 2 aromatic rings. The number of nitrogens with zero attached hydrogens (tertiary/aromatic N) is 3. The highest BCUT2D eigenvalue weighted by Gasteiger charge is 2.27. The molecule has 6 heteroatoms. The minimum atomic E-state index is -0.293. The summed E-state index contributed by atoms with van der Waals surface area (Å²) in [6.45, 7) is 5.57. The number of carbonyl (C=O) groups excluding carboxylic acids is 1. The Bertz CT molecular complexity index is 1020. The molecule has 1 aliphatic carbocycles. The van der Waals surface area contributed by atoms with E-state index in [1.165, 1.54) is 18.5 Å². The molecule has 0 spiro atoms. The van der Waals surface area contributed by atoms with E-state index in [4.69, 9.17) is 9.47 Å². The molecule has 29 heavy (non-hydrogen) atoms. The molecule has 2 heterocycles. The third-order valence-electron chi connectivity index (χ3n) is 5.46. The number of amides is 1. The van der Waals surface area contributed by atoms with Crippen LogP contribution >= 0.6 is 0 Å². The maximum atomic E-state index is 12.9. The van der Waals surface area contributed by atoms with Crippen molar-refractivity contribution in [1.29, 1.82) is 5.26 Å². The first-order valence-corrected chi connectivity index (χ1v) is 9.92. The highest BCUT2D eigenvalue weighted by molar-refractivity contribution is 6.01. The Hall–Kier alpha value is -3.20. The predicted molar refractivity (Wildman–Crippen MR) is 110 cm³/mol. The number of fused-ring (bicyclic) bond motifs is 1. The molecule has 150 valence electrons. The highest BCUT2D eigenvalue weighted by atomic mass is 16.6. The van der Waals surface area contributed by atoms with E-state index < -0.39 is 0 Å². The van der Waals surface area contributed by atoms with Crippen molar-refractivity contribution in [3.8, 4) is 17.6 Å². The monoisotopic (exact) mass is 391 g/mol. The Morgan fingerprint density at radius 2 is 1.97 bits per heavy atom. The molecule has 1 fully saturated rings. The number of likely N-dealkylation sites (N-methyl/N-ethyl adjacent to an activating group) is 1. The van der Waals surface area contributed by atoms with Crippen LogP contribution in [0.3, 0.4) is 0 Å². The van der Waals surface area contributed by atoms with Gasteiger partial charge in [0.1, 0.15) is 24.9 Å². The van der Waals surface area contributed by atoms with Gasteiger partial charge in [0.05, 0.1) is 0 Å². The lowest BCUT2D eigenvalue weighted by molar-refractivity contribution is -0.125. The average molecular weight is 391 g/mol. The van der Waals surface area contributed by atoms with E-state index in [1.54, 1.807) is 18.0 Å². The Morgan fingerprint density at radius 1 is 1.24 bits per heavy atom. The normalized spacial score (nSPS) is 15.7. The lowest BCUT2D eigenvalue weighted by Crippen LogP contribution is -2.27. The van der Waals surface area contributed by atoms with E-state index in [2.05, 4.69) is 30.6 Å². The maximum absolute atomic E-state index is 12.9. The second-order valence-electron chi connectivity index (χ2n) is 7.74. The fourth-order valence-corrected chi connectivity index (χ4v) is 3.88. The third kappa shape index (κ3) is 3.86. The number of rotatable bonds is 5. The van der Waals surface area contributed by atoms with E-state index in [1.807, 2.05) is 18.2 Å². The molecule has 6 nitrogen and oxygen atoms in total. The van der Waals surface area contributed by atoms with Crippen LogP contribution in [0.5, 0.6) is 11.5 Å². The largest absolute Gasteiger partial charge is 0.486 e. The zero-order valence-corrected chi connectivity index (χ0v) is 17.1. The minimum absolute atomic E-state index is 0.140. The zero-order chi connectivity index (χ0) is 20.5. The molecule has 1 aromatic carbocycles. The number of ether oxygens (including phenoxy) is 2. The van der Waals surface area contributed by atoms with Crippen molar-refractivity contribution >= 4 is 12.0 Å². The number of nitriles is 1. The molecule has 0 unspecified atom stereocenters. The summed E-state index contributed by atoms with van der Waals surface area (Å²) in [6, 6.07) is 10.4. The molecule has 1 aliphatic heterocycles. The summed E-state index contributed by atoms with van der Waals surface area (Å²) < 4.78 is 13.5. The first-order chi connectivity index (χ1) is 14.0. The number of carbonyl (C=O) groups is 1. The predicted octanol–water partition coefficient (Wildman–Crippen LogP) is 3.78. The summed E-state index contributed by atoms with van der Waals surface area (Å²) in [6.07, 6.45) is 4.10. The molecule has 0 saturated heterocycles. The van der Waals surface area contributed by atoms with Gasteiger partial charge < -0.3 is 18.9 Å². The van der Waals surface area contributed by atoms with Gasteiger partial charge in [-0.05, 0) is 62.1 Å². The maximum Gasteiger partial charge on any atom is 0.264 e. The van der Waals surface area contributed by atoms with Crippen LogP contribution < -0.4 is 9.47 Å².